The fraction of sp³-hybridized carbons (Fsp3) is 0.273. The molecule has 2 unspecified atom stereocenters. The number of imidazole rings is 1. The Labute approximate surface area is 169 Å². The van der Waals surface area contributed by atoms with E-state index in [0.29, 0.717) is 0 Å². The number of para-hydroxylation sites is 1. The third-order valence-corrected chi connectivity index (χ3v) is 6.08. The molecular formula is C22H23N3O2S. The Kier molecular flexibility index (Phi) is 5.13. The Hall–Kier alpha value is -2.73. The molecule has 6 heteroatoms. The molecule has 0 N–H and O–H groups in total. The number of nitrogens with zero attached hydrogens (tertiary/aromatic N) is 3. The molecule has 4 rings (SSSR count). The van der Waals surface area contributed by atoms with Crippen molar-refractivity contribution in [1.82, 2.24) is 9.55 Å². The molecule has 0 spiro atoms. The second-order valence-electron chi connectivity index (χ2n) is 6.93. The zero-order valence-corrected chi connectivity index (χ0v) is 17.0. The topological polar surface area (TPSA) is 47.4 Å². The highest BCUT2D eigenvalue weighted by molar-refractivity contribution is 8.00. The van der Waals surface area contributed by atoms with Crippen molar-refractivity contribution in [2.45, 2.75) is 36.7 Å². The van der Waals surface area contributed by atoms with Gasteiger partial charge in [-0.3, -0.25) is 9.36 Å². The molecule has 1 amide bonds. The summed E-state index contributed by atoms with van der Waals surface area (Å²) in [5, 5.41) is 0.537. The molecule has 0 fully saturated rings. The van der Waals surface area contributed by atoms with E-state index in [1.807, 2.05) is 65.1 Å². The first-order valence-corrected chi connectivity index (χ1v) is 10.2. The summed E-state index contributed by atoms with van der Waals surface area (Å²) in [5.41, 5.74) is 3.22. The number of ether oxygens (including phenoxy) is 1. The molecule has 1 aliphatic rings. The van der Waals surface area contributed by atoms with Crippen molar-refractivity contribution in [3.05, 3.63) is 66.5 Å². The lowest BCUT2D eigenvalue weighted by atomic mass is 10.1. The maximum Gasteiger partial charge on any atom is 0.240 e. The molecule has 5 nitrogen and oxygen atoms in total. The lowest BCUT2D eigenvalue weighted by molar-refractivity contribution is -0.118. The standard InChI is InChI=1S/C22H23N3O2S/c1-15-13-17-7-4-5-10-20(17)25(15)21(26)16(2)28-22-23-11-12-24(22)18-8-6-9-19(14-18)27-3/h4-12,14-16H,13H2,1-3H3. The SMILES string of the molecule is COc1cccc(-n2ccnc2SC(C)C(=O)N2c3ccccc3CC2C)c1. The highest BCUT2D eigenvalue weighted by Crippen LogP contribution is 2.35. The van der Waals surface area contributed by atoms with Gasteiger partial charge in [-0.05, 0) is 44.0 Å². The van der Waals surface area contributed by atoms with Crippen molar-refractivity contribution in [3.8, 4) is 11.4 Å². The molecule has 2 atom stereocenters. The number of benzene rings is 2. The molecule has 0 aliphatic carbocycles. The van der Waals surface area contributed by atoms with Gasteiger partial charge in [-0.2, -0.15) is 0 Å². The fourth-order valence-corrected chi connectivity index (χ4v) is 4.57. The minimum absolute atomic E-state index is 0.114. The van der Waals surface area contributed by atoms with Gasteiger partial charge in [-0.15, -0.1) is 0 Å². The average molecular weight is 394 g/mol. The predicted molar refractivity (Wildman–Crippen MR) is 113 cm³/mol. The molecule has 0 saturated carbocycles. The Morgan fingerprint density at radius 1 is 1.25 bits per heavy atom. The molecule has 0 bridgehead atoms. The second-order valence-corrected chi connectivity index (χ2v) is 8.24. The number of hydrogen-bond donors (Lipinski definition) is 0. The van der Waals surface area contributed by atoms with E-state index in [1.165, 1.54) is 17.3 Å². The summed E-state index contributed by atoms with van der Waals surface area (Å²) < 4.78 is 7.31. The summed E-state index contributed by atoms with van der Waals surface area (Å²) in [7, 11) is 1.65. The summed E-state index contributed by atoms with van der Waals surface area (Å²) in [6.45, 7) is 4.05. The molecule has 2 heterocycles. The monoisotopic (exact) mass is 393 g/mol. The number of anilines is 1. The van der Waals surface area contributed by atoms with Crippen LogP contribution in [0.1, 0.15) is 19.4 Å². The van der Waals surface area contributed by atoms with Gasteiger partial charge in [-0.1, -0.05) is 36.0 Å². The van der Waals surface area contributed by atoms with Crippen LogP contribution in [0, 0.1) is 0 Å². The summed E-state index contributed by atoms with van der Waals surface area (Å²) in [6.07, 6.45) is 4.56. The van der Waals surface area contributed by atoms with Gasteiger partial charge in [0.2, 0.25) is 5.91 Å². The van der Waals surface area contributed by atoms with E-state index >= 15 is 0 Å². The highest BCUT2D eigenvalue weighted by atomic mass is 32.2. The first-order chi connectivity index (χ1) is 13.6. The van der Waals surface area contributed by atoms with E-state index in [1.54, 1.807) is 13.3 Å². The van der Waals surface area contributed by atoms with Gasteiger partial charge < -0.3 is 9.64 Å². The number of hydrogen-bond acceptors (Lipinski definition) is 4. The van der Waals surface area contributed by atoms with Crippen LogP contribution in [0.4, 0.5) is 5.69 Å². The van der Waals surface area contributed by atoms with E-state index in [0.717, 1.165) is 28.7 Å². The van der Waals surface area contributed by atoms with Crippen LogP contribution in [0.15, 0.2) is 66.1 Å². The fourth-order valence-electron chi connectivity index (χ4n) is 3.64. The predicted octanol–water partition coefficient (Wildman–Crippen LogP) is 4.34. The van der Waals surface area contributed by atoms with Crippen LogP contribution in [-0.4, -0.2) is 33.9 Å². The Morgan fingerprint density at radius 2 is 2.07 bits per heavy atom. The molecule has 28 heavy (non-hydrogen) atoms. The molecular weight excluding hydrogens is 370 g/mol. The summed E-state index contributed by atoms with van der Waals surface area (Å²) in [5.74, 6) is 0.899. The van der Waals surface area contributed by atoms with Crippen molar-refractivity contribution in [3.63, 3.8) is 0 Å². The van der Waals surface area contributed by atoms with Crippen LogP contribution < -0.4 is 9.64 Å². The van der Waals surface area contributed by atoms with Crippen molar-refractivity contribution in [1.29, 1.82) is 0 Å². The van der Waals surface area contributed by atoms with Crippen molar-refractivity contribution in [2.24, 2.45) is 0 Å². The van der Waals surface area contributed by atoms with Crippen molar-refractivity contribution < 1.29 is 9.53 Å². The maximum atomic E-state index is 13.2. The van der Waals surface area contributed by atoms with Crippen LogP contribution in [0.25, 0.3) is 5.69 Å². The first kappa shape index (κ1) is 18.6. The number of amides is 1. The van der Waals surface area contributed by atoms with Crippen LogP contribution in [-0.2, 0) is 11.2 Å². The number of fused-ring (bicyclic) bond motifs is 1. The average Bonchev–Trinajstić information content (AvgIpc) is 3.30. The van der Waals surface area contributed by atoms with E-state index in [2.05, 4.69) is 18.0 Å². The maximum absolute atomic E-state index is 13.2. The van der Waals surface area contributed by atoms with Crippen LogP contribution in [0.5, 0.6) is 5.75 Å². The molecule has 2 aromatic carbocycles. The van der Waals surface area contributed by atoms with Gasteiger partial charge in [0.1, 0.15) is 5.75 Å². The molecule has 0 saturated heterocycles. The lowest BCUT2D eigenvalue weighted by Gasteiger charge is -2.25. The van der Waals surface area contributed by atoms with Gasteiger partial charge >= 0.3 is 0 Å². The number of aromatic nitrogens is 2. The van der Waals surface area contributed by atoms with Gasteiger partial charge in [0.15, 0.2) is 5.16 Å². The molecule has 3 aromatic rings. The summed E-state index contributed by atoms with van der Waals surface area (Å²) >= 11 is 1.48. The number of methoxy groups -OCH3 is 1. The van der Waals surface area contributed by atoms with E-state index in [4.69, 9.17) is 4.74 Å². The smallest absolute Gasteiger partial charge is 0.240 e. The van der Waals surface area contributed by atoms with Crippen molar-refractivity contribution >= 4 is 23.4 Å². The van der Waals surface area contributed by atoms with Crippen LogP contribution in [0.3, 0.4) is 0 Å². The molecule has 1 aliphatic heterocycles. The Morgan fingerprint density at radius 3 is 2.89 bits per heavy atom. The minimum Gasteiger partial charge on any atom is -0.497 e. The van der Waals surface area contributed by atoms with Crippen LogP contribution in [0.2, 0.25) is 0 Å². The normalized spacial score (nSPS) is 16.7. The third kappa shape index (κ3) is 3.40. The Balaban J connectivity index is 1.56. The van der Waals surface area contributed by atoms with Gasteiger partial charge in [-0.25, -0.2) is 4.98 Å². The van der Waals surface area contributed by atoms with E-state index in [-0.39, 0.29) is 17.2 Å². The van der Waals surface area contributed by atoms with Crippen LogP contribution >= 0.6 is 11.8 Å². The van der Waals surface area contributed by atoms with E-state index in [9.17, 15) is 4.79 Å². The zero-order valence-electron chi connectivity index (χ0n) is 16.2. The molecule has 0 radical (unpaired) electrons. The number of rotatable bonds is 5. The first-order valence-electron chi connectivity index (χ1n) is 9.34. The Bertz CT molecular complexity index is 1000. The summed E-state index contributed by atoms with van der Waals surface area (Å²) in [4.78, 5) is 19.7. The van der Waals surface area contributed by atoms with Gasteiger partial charge in [0.25, 0.3) is 0 Å². The quantitative estimate of drug-likeness (QED) is 0.605. The number of carbonyl (C=O) groups is 1. The van der Waals surface area contributed by atoms with Crippen molar-refractivity contribution in [2.75, 3.05) is 12.0 Å². The zero-order chi connectivity index (χ0) is 19.7. The minimum atomic E-state index is -0.250. The number of carbonyl (C=O) groups excluding carboxylic acids is 1. The largest absolute Gasteiger partial charge is 0.497 e. The van der Waals surface area contributed by atoms with Gasteiger partial charge in [0.05, 0.1) is 18.0 Å². The van der Waals surface area contributed by atoms with Gasteiger partial charge in [0, 0.05) is 30.2 Å². The lowest BCUT2D eigenvalue weighted by Crippen LogP contribution is -2.40. The molecule has 1 aromatic heterocycles. The third-order valence-electron chi connectivity index (χ3n) is 5.01. The molecule has 144 valence electrons. The van der Waals surface area contributed by atoms with E-state index < -0.39 is 0 Å². The summed E-state index contributed by atoms with van der Waals surface area (Å²) in [6, 6.07) is 16.1. The number of thioether (sulfide) groups is 1. The second kappa shape index (κ2) is 7.72. The highest BCUT2D eigenvalue weighted by Gasteiger charge is 2.33.